The lowest BCUT2D eigenvalue weighted by Gasteiger charge is -2.39. The summed E-state index contributed by atoms with van der Waals surface area (Å²) in [6.07, 6.45) is 10.0. The maximum atomic E-state index is 3.65. The van der Waals surface area contributed by atoms with Crippen LogP contribution in [0.25, 0.3) is 0 Å². The van der Waals surface area contributed by atoms with Gasteiger partial charge in [-0.1, -0.05) is 32.6 Å². The molecular weight excluding hydrogens is 208 g/mol. The quantitative estimate of drug-likeness (QED) is 0.686. The molecule has 0 aromatic carbocycles. The summed E-state index contributed by atoms with van der Waals surface area (Å²) in [6.45, 7) is 8.47. The third kappa shape index (κ3) is 4.26. The fraction of sp³-hybridized carbons (Fsp3) is 1.00. The second kappa shape index (κ2) is 6.75. The van der Waals surface area contributed by atoms with Gasteiger partial charge in [0.2, 0.25) is 0 Å². The van der Waals surface area contributed by atoms with Crippen LogP contribution in [0.2, 0.25) is 0 Å². The molecule has 0 bridgehead atoms. The monoisotopic (exact) mass is 238 g/mol. The summed E-state index contributed by atoms with van der Waals surface area (Å²) in [4.78, 5) is 2.78. The van der Waals surface area contributed by atoms with Crippen LogP contribution in [0.15, 0.2) is 0 Å². The molecular formula is C15H30N2. The van der Waals surface area contributed by atoms with Crippen LogP contribution in [-0.2, 0) is 0 Å². The molecule has 1 aliphatic carbocycles. The van der Waals surface area contributed by atoms with E-state index in [-0.39, 0.29) is 0 Å². The lowest BCUT2D eigenvalue weighted by molar-refractivity contribution is 0.117. The SMILES string of the molecule is CCCCCCCN1CC(C)NCC1C1CC1. The van der Waals surface area contributed by atoms with Crippen LogP contribution in [0.5, 0.6) is 0 Å². The van der Waals surface area contributed by atoms with Crippen molar-refractivity contribution in [3.8, 4) is 0 Å². The fourth-order valence-corrected chi connectivity index (χ4v) is 3.12. The van der Waals surface area contributed by atoms with Crippen molar-refractivity contribution in [2.75, 3.05) is 19.6 Å². The second-order valence-electron chi connectivity index (χ2n) is 6.12. The molecule has 2 rings (SSSR count). The van der Waals surface area contributed by atoms with Gasteiger partial charge in [-0.25, -0.2) is 0 Å². The molecule has 1 heterocycles. The molecule has 2 nitrogen and oxygen atoms in total. The molecule has 2 unspecified atom stereocenters. The third-order valence-electron chi connectivity index (χ3n) is 4.37. The van der Waals surface area contributed by atoms with Crippen molar-refractivity contribution in [2.24, 2.45) is 5.92 Å². The molecule has 0 spiro atoms. The van der Waals surface area contributed by atoms with E-state index in [1.807, 2.05) is 0 Å². The van der Waals surface area contributed by atoms with E-state index in [0.717, 1.165) is 12.0 Å². The maximum absolute atomic E-state index is 3.65. The summed E-state index contributed by atoms with van der Waals surface area (Å²) >= 11 is 0. The van der Waals surface area contributed by atoms with E-state index >= 15 is 0 Å². The van der Waals surface area contributed by atoms with Gasteiger partial charge in [-0.2, -0.15) is 0 Å². The average molecular weight is 238 g/mol. The molecule has 0 aromatic rings. The van der Waals surface area contributed by atoms with Gasteiger partial charge in [-0.3, -0.25) is 4.90 Å². The zero-order chi connectivity index (χ0) is 12.1. The molecule has 0 aromatic heterocycles. The standard InChI is InChI=1S/C15H30N2/c1-3-4-5-6-7-10-17-12-13(2)16-11-15(17)14-8-9-14/h13-16H,3-12H2,1-2H3. The van der Waals surface area contributed by atoms with Crippen molar-refractivity contribution in [1.29, 1.82) is 0 Å². The van der Waals surface area contributed by atoms with Gasteiger partial charge in [0, 0.05) is 25.2 Å². The van der Waals surface area contributed by atoms with Crippen LogP contribution in [0.3, 0.4) is 0 Å². The minimum absolute atomic E-state index is 0.695. The second-order valence-corrected chi connectivity index (χ2v) is 6.12. The Hall–Kier alpha value is -0.0800. The maximum Gasteiger partial charge on any atom is 0.0249 e. The van der Waals surface area contributed by atoms with E-state index in [1.54, 1.807) is 0 Å². The van der Waals surface area contributed by atoms with Crippen molar-refractivity contribution in [2.45, 2.75) is 70.9 Å². The minimum Gasteiger partial charge on any atom is -0.311 e. The summed E-state index contributed by atoms with van der Waals surface area (Å²) in [5.74, 6) is 1.02. The molecule has 2 heteroatoms. The number of rotatable bonds is 7. The predicted octanol–water partition coefficient (Wildman–Crippen LogP) is 3.03. The highest BCUT2D eigenvalue weighted by molar-refractivity contribution is 4.94. The fourth-order valence-electron chi connectivity index (χ4n) is 3.12. The van der Waals surface area contributed by atoms with Crippen LogP contribution in [0.4, 0.5) is 0 Å². The molecule has 2 atom stereocenters. The van der Waals surface area contributed by atoms with Crippen molar-refractivity contribution in [1.82, 2.24) is 10.2 Å². The Balaban J connectivity index is 1.67. The first-order chi connectivity index (χ1) is 8.31. The Morgan fingerprint density at radius 1 is 1.12 bits per heavy atom. The molecule has 2 aliphatic rings. The van der Waals surface area contributed by atoms with E-state index in [2.05, 4.69) is 24.1 Å². The molecule has 1 saturated carbocycles. The summed E-state index contributed by atoms with van der Waals surface area (Å²) in [5.41, 5.74) is 0. The van der Waals surface area contributed by atoms with E-state index in [9.17, 15) is 0 Å². The normalized spacial score (nSPS) is 30.7. The lowest BCUT2D eigenvalue weighted by Crippen LogP contribution is -2.56. The number of nitrogens with zero attached hydrogens (tertiary/aromatic N) is 1. The van der Waals surface area contributed by atoms with Gasteiger partial charge in [-0.15, -0.1) is 0 Å². The number of nitrogens with one attached hydrogen (secondary N) is 1. The Morgan fingerprint density at radius 2 is 1.88 bits per heavy atom. The Morgan fingerprint density at radius 3 is 2.59 bits per heavy atom. The highest BCUT2D eigenvalue weighted by atomic mass is 15.2. The number of unbranched alkanes of at least 4 members (excludes halogenated alkanes) is 4. The predicted molar refractivity (Wildman–Crippen MR) is 74.3 cm³/mol. The number of hydrogen-bond acceptors (Lipinski definition) is 2. The highest BCUT2D eigenvalue weighted by Crippen LogP contribution is 2.36. The van der Waals surface area contributed by atoms with Crippen molar-refractivity contribution in [3.63, 3.8) is 0 Å². The first-order valence-corrected chi connectivity index (χ1v) is 7.78. The molecule has 1 saturated heterocycles. The summed E-state index contributed by atoms with van der Waals surface area (Å²) in [7, 11) is 0. The average Bonchev–Trinajstić information content (AvgIpc) is 3.13. The lowest BCUT2D eigenvalue weighted by atomic mass is 10.0. The van der Waals surface area contributed by atoms with Crippen LogP contribution in [-0.4, -0.2) is 36.6 Å². The molecule has 0 radical (unpaired) electrons. The van der Waals surface area contributed by atoms with Crippen LogP contribution in [0, 0.1) is 5.92 Å². The molecule has 1 N–H and O–H groups in total. The van der Waals surface area contributed by atoms with Crippen molar-refractivity contribution >= 4 is 0 Å². The van der Waals surface area contributed by atoms with Gasteiger partial charge in [0.1, 0.15) is 0 Å². The summed E-state index contributed by atoms with van der Waals surface area (Å²) < 4.78 is 0. The van der Waals surface area contributed by atoms with E-state index in [0.29, 0.717) is 6.04 Å². The highest BCUT2D eigenvalue weighted by Gasteiger charge is 2.37. The van der Waals surface area contributed by atoms with Gasteiger partial charge in [-0.05, 0) is 38.6 Å². The van der Waals surface area contributed by atoms with E-state index < -0.39 is 0 Å². The Kier molecular flexibility index (Phi) is 5.30. The summed E-state index contributed by atoms with van der Waals surface area (Å²) in [6, 6.07) is 1.55. The van der Waals surface area contributed by atoms with Gasteiger partial charge in [0.15, 0.2) is 0 Å². The van der Waals surface area contributed by atoms with Gasteiger partial charge < -0.3 is 5.32 Å². The molecule has 0 amide bonds. The van der Waals surface area contributed by atoms with Gasteiger partial charge in [0.25, 0.3) is 0 Å². The number of piperazine rings is 1. The van der Waals surface area contributed by atoms with Crippen LogP contribution < -0.4 is 5.32 Å². The first kappa shape index (κ1) is 13.4. The Labute approximate surface area is 107 Å². The first-order valence-electron chi connectivity index (χ1n) is 7.78. The zero-order valence-corrected chi connectivity index (χ0v) is 11.8. The number of hydrogen-bond donors (Lipinski definition) is 1. The smallest absolute Gasteiger partial charge is 0.0249 e. The van der Waals surface area contributed by atoms with E-state index in [1.165, 1.54) is 64.6 Å². The molecule has 1 aliphatic heterocycles. The van der Waals surface area contributed by atoms with Crippen molar-refractivity contribution < 1.29 is 0 Å². The largest absolute Gasteiger partial charge is 0.311 e. The van der Waals surface area contributed by atoms with Gasteiger partial charge in [0.05, 0.1) is 0 Å². The molecule has 17 heavy (non-hydrogen) atoms. The minimum atomic E-state index is 0.695. The Bertz CT molecular complexity index is 213. The van der Waals surface area contributed by atoms with Gasteiger partial charge >= 0.3 is 0 Å². The van der Waals surface area contributed by atoms with Crippen LogP contribution in [0.1, 0.15) is 58.8 Å². The molecule has 2 fully saturated rings. The van der Waals surface area contributed by atoms with Crippen LogP contribution >= 0.6 is 0 Å². The topological polar surface area (TPSA) is 15.3 Å². The zero-order valence-electron chi connectivity index (χ0n) is 11.8. The third-order valence-corrected chi connectivity index (χ3v) is 4.37. The summed E-state index contributed by atoms with van der Waals surface area (Å²) in [5, 5.41) is 3.65. The van der Waals surface area contributed by atoms with Crippen molar-refractivity contribution in [3.05, 3.63) is 0 Å². The molecule has 100 valence electrons. The van der Waals surface area contributed by atoms with E-state index in [4.69, 9.17) is 0 Å².